The van der Waals surface area contributed by atoms with Gasteiger partial charge in [-0.3, -0.25) is 0 Å². The Bertz CT molecular complexity index is 330. The number of hydrogen-bond donors (Lipinski definition) is 2. The lowest BCUT2D eigenvalue weighted by Crippen LogP contribution is -2.46. The number of fused-ring (bicyclic) bond motifs is 1. The van der Waals surface area contributed by atoms with Crippen LogP contribution in [0.2, 0.25) is 0 Å². The lowest BCUT2D eigenvalue weighted by atomic mass is 9.50. The number of aliphatic hydroxyl groups is 2. The van der Waals surface area contributed by atoms with Gasteiger partial charge in [0.2, 0.25) is 0 Å². The first-order valence-electron chi connectivity index (χ1n) is 6.89. The zero-order chi connectivity index (χ0) is 12.7. The van der Waals surface area contributed by atoms with E-state index < -0.39 is 0 Å². The second kappa shape index (κ2) is 4.40. The highest BCUT2D eigenvalue weighted by molar-refractivity contribution is 5.29. The molecule has 0 heterocycles. The van der Waals surface area contributed by atoms with Gasteiger partial charge in [0.05, 0.1) is 13.2 Å². The zero-order valence-corrected chi connectivity index (χ0v) is 11.4. The van der Waals surface area contributed by atoms with Crippen molar-refractivity contribution in [1.82, 2.24) is 0 Å². The summed E-state index contributed by atoms with van der Waals surface area (Å²) in [5.74, 6) is 0.654. The van der Waals surface area contributed by atoms with E-state index in [1.807, 2.05) is 0 Å². The molecule has 0 aromatic carbocycles. The fourth-order valence-corrected chi connectivity index (χ4v) is 4.53. The van der Waals surface area contributed by atoms with Crippen LogP contribution >= 0.6 is 0 Å². The Morgan fingerprint density at radius 1 is 1.12 bits per heavy atom. The van der Waals surface area contributed by atoms with E-state index in [9.17, 15) is 10.2 Å². The van der Waals surface area contributed by atoms with Crippen LogP contribution in [0.4, 0.5) is 0 Å². The molecule has 1 saturated carbocycles. The fraction of sp³-hybridized carbons (Fsp3) is 0.867. The molecule has 0 aromatic heterocycles. The molecular weight excluding hydrogens is 212 g/mol. The van der Waals surface area contributed by atoms with Gasteiger partial charge in [0.25, 0.3) is 0 Å². The minimum absolute atomic E-state index is 0.118. The molecule has 2 rings (SSSR count). The quantitative estimate of drug-likeness (QED) is 0.726. The van der Waals surface area contributed by atoms with Crippen LogP contribution in [0.3, 0.4) is 0 Å². The summed E-state index contributed by atoms with van der Waals surface area (Å²) in [5, 5.41) is 19.2. The van der Waals surface area contributed by atoms with Crippen LogP contribution in [-0.4, -0.2) is 23.4 Å². The monoisotopic (exact) mass is 238 g/mol. The second-order valence-electron chi connectivity index (χ2n) is 6.75. The topological polar surface area (TPSA) is 40.5 Å². The minimum Gasteiger partial charge on any atom is -0.392 e. The van der Waals surface area contributed by atoms with Gasteiger partial charge in [-0.05, 0) is 53.6 Å². The molecule has 17 heavy (non-hydrogen) atoms. The van der Waals surface area contributed by atoms with Crippen molar-refractivity contribution in [2.24, 2.45) is 16.7 Å². The molecule has 98 valence electrons. The van der Waals surface area contributed by atoms with E-state index >= 15 is 0 Å². The third kappa shape index (κ3) is 1.96. The van der Waals surface area contributed by atoms with Crippen LogP contribution in [0.15, 0.2) is 11.1 Å². The second-order valence-corrected chi connectivity index (χ2v) is 6.75. The molecule has 2 atom stereocenters. The average Bonchev–Trinajstić information content (AvgIpc) is 2.26. The summed E-state index contributed by atoms with van der Waals surface area (Å²) < 4.78 is 0. The van der Waals surface area contributed by atoms with E-state index in [-0.39, 0.29) is 18.6 Å². The van der Waals surface area contributed by atoms with E-state index in [4.69, 9.17) is 0 Å². The van der Waals surface area contributed by atoms with Crippen LogP contribution in [0.1, 0.15) is 52.9 Å². The SMILES string of the molecule is CC1(C)CCC[C@]2(C)C(CO)=C(CO)CC[C@@H]12. The van der Waals surface area contributed by atoms with E-state index in [2.05, 4.69) is 20.8 Å². The van der Waals surface area contributed by atoms with Crippen LogP contribution in [0.25, 0.3) is 0 Å². The Morgan fingerprint density at radius 3 is 2.41 bits per heavy atom. The maximum atomic E-state index is 9.70. The van der Waals surface area contributed by atoms with Crippen molar-refractivity contribution in [3.05, 3.63) is 11.1 Å². The van der Waals surface area contributed by atoms with Crippen molar-refractivity contribution >= 4 is 0 Å². The Labute approximate surface area is 105 Å². The summed E-state index contributed by atoms with van der Waals surface area (Å²) in [6, 6.07) is 0. The molecule has 2 heteroatoms. The molecule has 2 aliphatic carbocycles. The molecule has 0 aromatic rings. The molecule has 0 spiro atoms. The normalized spacial score (nSPS) is 36.9. The molecule has 0 radical (unpaired) electrons. The lowest BCUT2D eigenvalue weighted by molar-refractivity contribution is 0.00402. The fourth-order valence-electron chi connectivity index (χ4n) is 4.53. The third-order valence-corrected chi connectivity index (χ3v) is 5.43. The Hall–Kier alpha value is -0.340. The zero-order valence-electron chi connectivity index (χ0n) is 11.4. The molecule has 0 amide bonds. The van der Waals surface area contributed by atoms with Crippen molar-refractivity contribution < 1.29 is 10.2 Å². The highest BCUT2D eigenvalue weighted by Crippen LogP contribution is 2.59. The predicted octanol–water partition coefficient (Wildman–Crippen LogP) is 2.89. The Kier molecular flexibility index (Phi) is 3.39. The van der Waals surface area contributed by atoms with Crippen molar-refractivity contribution in [3.63, 3.8) is 0 Å². The summed E-state index contributed by atoms with van der Waals surface area (Å²) >= 11 is 0. The Morgan fingerprint density at radius 2 is 1.82 bits per heavy atom. The van der Waals surface area contributed by atoms with Gasteiger partial charge >= 0.3 is 0 Å². The Balaban J connectivity index is 2.43. The molecule has 0 bridgehead atoms. The lowest BCUT2D eigenvalue weighted by Gasteiger charge is -2.55. The van der Waals surface area contributed by atoms with Gasteiger partial charge in [-0.2, -0.15) is 0 Å². The van der Waals surface area contributed by atoms with Crippen molar-refractivity contribution in [2.45, 2.75) is 52.9 Å². The minimum atomic E-state index is 0.118. The van der Waals surface area contributed by atoms with Crippen molar-refractivity contribution in [3.8, 4) is 0 Å². The summed E-state index contributed by atoms with van der Waals surface area (Å²) in [5.41, 5.74) is 2.73. The summed E-state index contributed by atoms with van der Waals surface area (Å²) in [6.07, 6.45) is 5.84. The van der Waals surface area contributed by atoms with Gasteiger partial charge in [-0.25, -0.2) is 0 Å². The summed E-state index contributed by atoms with van der Waals surface area (Å²) in [7, 11) is 0. The van der Waals surface area contributed by atoms with Crippen LogP contribution in [0, 0.1) is 16.7 Å². The average molecular weight is 238 g/mol. The maximum Gasteiger partial charge on any atom is 0.0650 e. The largest absolute Gasteiger partial charge is 0.392 e. The molecule has 0 aliphatic heterocycles. The maximum absolute atomic E-state index is 9.70. The molecular formula is C15H26O2. The first-order valence-corrected chi connectivity index (χ1v) is 6.89. The third-order valence-electron chi connectivity index (χ3n) is 5.43. The summed E-state index contributed by atoms with van der Waals surface area (Å²) in [4.78, 5) is 0. The van der Waals surface area contributed by atoms with Crippen LogP contribution < -0.4 is 0 Å². The van der Waals surface area contributed by atoms with Crippen molar-refractivity contribution in [2.75, 3.05) is 13.2 Å². The number of aliphatic hydroxyl groups excluding tert-OH is 2. The van der Waals surface area contributed by atoms with E-state index in [0.717, 1.165) is 17.6 Å². The molecule has 0 saturated heterocycles. The number of hydrogen-bond acceptors (Lipinski definition) is 2. The predicted molar refractivity (Wildman–Crippen MR) is 69.7 cm³/mol. The number of rotatable bonds is 2. The highest BCUT2D eigenvalue weighted by Gasteiger charge is 2.50. The molecule has 2 aliphatic rings. The first kappa shape index (κ1) is 13.1. The van der Waals surface area contributed by atoms with E-state index in [1.165, 1.54) is 25.7 Å². The highest BCUT2D eigenvalue weighted by atomic mass is 16.3. The van der Waals surface area contributed by atoms with Crippen LogP contribution in [-0.2, 0) is 0 Å². The molecule has 1 fully saturated rings. The van der Waals surface area contributed by atoms with Gasteiger partial charge < -0.3 is 10.2 Å². The standard InChI is InChI=1S/C15H26O2/c1-14(2)7-4-8-15(3)12(10-17)11(9-16)5-6-13(14)15/h13,16-17H,4-10H2,1-3H3/t13-,15+/m0/s1. The van der Waals surface area contributed by atoms with Gasteiger partial charge in [0.15, 0.2) is 0 Å². The first-order chi connectivity index (χ1) is 7.95. The van der Waals surface area contributed by atoms with Gasteiger partial charge in [-0.15, -0.1) is 0 Å². The van der Waals surface area contributed by atoms with E-state index in [1.54, 1.807) is 0 Å². The molecule has 2 nitrogen and oxygen atoms in total. The van der Waals surface area contributed by atoms with Gasteiger partial charge in [-0.1, -0.05) is 27.2 Å². The van der Waals surface area contributed by atoms with Gasteiger partial charge in [0, 0.05) is 0 Å². The van der Waals surface area contributed by atoms with Crippen LogP contribution in [0.5, 0.6) is 0 Å². The van der Waals surface area contributed by atoms with Gasteiger partial charge in [0.1, 0.15) is 0 Å². The molecule has 0 unspecified atom stereocenters. The van der Waals surface area contributed by atoms with Crippen molar-refractivity contribution in [1.29, 1.82) is 0 Å². The van der Waals surface area contributed by atoms with E-state index in [0.29, 0.717) is 11.3 Å². The summed E-state index contributed by atoms with van der Waals surface area (Å²) in [6.45, 7) is 7.29. The molecule has 2 N–H and O–H groups in total. The smallest absolute Gasteiger partial charge is 0.0650 e.